The van der Waals surface area contributed by atoms with Crippen LogP contribution < -0.4 is 10.6 Å². The van der Waals surface area contributed by atoms with Crippen LogP contribution in [0.5, 0.6) is 0 Å². The van der Waals surface area contributed by atoms with Gasteiger partial charge >= 0.3 is 6.03 Å². The molecular weight excluding hydrogens is 276 g/mol. The van der Waals surface area contributed by atoms with Crippen LogP contribution in [0, 0.1) is 0 Å². The molecule has 22 heavy (non-hydrogen) atoms. The lowest BCUT2D eigenvalue weighted by atomic mass is 10.1. The lowest BCUT2D eigenvalue weighted by Gasteiger charge is -2.12. The van der Waals surface area contributed by atoms with Crippen LogP contribution in [-0.4, -0.2) is 30.3 Å². The maximum atomic E-state index is 11.7. The highest BCUT2D eigenvalue weighted by molar-refractivity contribution is 5.73. The molecule has 0 spiro atoms. The summed E-state index contributed by atoms with van der Waals surface area (Å²) < 4.78 is 0. The Kier molecular flexibility index (Phi) is 6.45. The van der Waals surface area contributed by atoms with Crippen LogP contribution in [0.4, 0.5) is 4.79 Å². The van der Waals surface area contributed by atoms with Crippen molar-refractivity contribution in [2.75, 3.05) is 13.1 Å². The zero-order chi connectivity index (χ0) is 15.6. The van der Waals surface area contributed by atoms with Gasteiger partial charge < -0.3 is 15.7 Å². The van der Waals surface area contributed by atoms with E-state index in [1.165, 1.54) is 5.56 Å². The maximum Gasteiger partial charge on any atom is 0.314 e. The van der Waals surface area contributed by atoms with Gasteiger partial charge in [-0.25, -0.2) is 4.79 Å². The van der Waals surface area contributed by atoms with Crippen LogP contribution in [0.25, 0.3) is 0 Å². The van der Waals surface area contributed by atoms with E-state index in [0.29, 0.717) is 13.0 Å². The summed E-state index contributed by atoms with van der Waals surface area (Å²) in [5.41, 5.74) is 2.24. The fourth-order valence-corrected chi connectivity index (χ4v) is 2.20. The number of aliphatic hydroxyl groups is 1. The van der Waals surface area contributed by atoms with Crippen molar-refractivity contribution >= 4 is 6.03 Å². The molecule has 0 aliphatic carbocycles. The SMILES string of the molecule is O=C(NCCc1ccccc1)NC[C@H](O)Cc1ccccc1. The Morgan fingerprint density at radius 1 is 0.909 bits per heavy atom. The molecule has 0 saturated carbocycles. The number of hydrogen-bond donors (Lipinski definition) is 3. The van der Waals surface area contributed by atoms with Gasteiger partial charge in [-0.15, -0.1) is 0 Å². The van der Waals surface area contributed by atoms with Crippen molar-refractivity contribution in [3.63, 3.8) is 0 Å². The van der Waals surface area contributed by atoms with E-state index in [2.05, 4.69) is 10.6 Å². The maximum absolute atomic E-state index is 11.7. The predicted molar refractivity (Wildman–Crippen MR) is 87.7 cm³/mol. The van der Waals surface area contributed by atoms with Crippen LogP contribution in [0.1, 0.15) is 11.1 Å². The summed E-state index contributed by atoms with van der Waals surface area (Å²) in [5.74, 6) is 0. The van der Waals surface area contributed by atoms with Crippen LogP contribution >= 0.6 is 0 Å². The van der Waals surface area contributed by atoms with E-state index >= 15 is 0 Å². The van der Waals surface area contributed by atoms with E-state index < -0.39 is 6.10 Å². The molecule has 2 aromatic carbocycles. The van der Waals surface area contributed by atoms with E-state index in [9.17, 15) is 9.90 Å². The van der Waals surface area contributed by atoms with Gasteiger partial charge in [-0.1, -0.05) is 60.7 Å². The van der Waals surface area contributed by atoms with Gasteiger partial charge in [0.05, 0.1) is 6.10 Å². The van der Waals surface area contributed by atoms with E-state index in [1.54, 1.807) is 0 Å². The molecule has 0 saturated heterocycles. The van der Waals surface area contributed by atoms with E-state index in [1.807, 2.05) is 60.7 Å². The largest absolute Gasteiger partial charge is 0.391 e. The van der Waals surface area contributed by atoms with Gasteiger partial charge in [0.2, 0.25) is 0 Å². The zero-order valence-corrected chi connectivity index (χ0v) is 12.5. The summed E-state index contributed by atoms with van der Waals surface area (Å²) in [5, 5.41) is 15.4. The second-order valence-electron chi connectivity index (χ2n) is 5.22. The minimum atomic E-state index is -0.581. The third-order valence-corrected chi connectivity index (χ3v) is 3.35. The van der Waals surface area contributed by atoms with Crippen LogP contribution in [0.2, 0.25) is 0 Å². The summed E-state index contributed by atoms with van der Waals surface area (Å²) >= 11 is 0. The first-order valence-corrected chi connectivity index (χ1v) is 7.51. The monoisotopic (exact) mass is 298 g/mol. The van der Waals surface area contributed by atoms with Crippen molar-refractivity contribution in [1.82, 2.24) is 10.6 Å². The molecule has 2 amide bonds. The summed E-state index contributed by atoms with van der Waals surface area (Å²) in [7, 11) is 0. The Morgan fingerprint density at radius 2 is 1.50 bits per heavy atom. The highest BCUT2D eigenvalue weighted by atomic mass is 16.3. The highest BCUT2D eigenvalue weighted by Gasteiger charge is 2.07. The second-order valence-corrected chi connectivity index (χ2v) is 5.22. The first-order valence-electron chi connectivity index (χ1n) is 7.51. The molecule has 0 unspecified atom stereocenters. The smallest absolute Gasteiger partial charge is 0.314 e. The number of carbonyl (C=O) groups is 1. The number of nitrogens with one attached hydrogen (secondary N) is 2. The van der Waals surface area contributed by atoms with Crippen molar-refractivity contribution in [1.29, 1.82) is 0 Å². The summed E-state index contributed by atoms with van der Waals surface area (Å²) in [6, 6.07) is 19.5. The fraction of sp³-hybridized carbons (Fsp3) is 0.278. The molecular formula is C18H22N2O2. The van der Waals surface area contributed by atoms with Crippen molar-refractivity contribution in [2.45, 2.75) is 18.9 Å². The van der Waals surface area contributed by atoms with Gasteiger partial charge in [-0.05, 0) is 17.5 Å². The zero-order valence-electron chi connectivity index (χ0n) is 12.5. The first-order chi connectivity index (χ1) is 10.7. The Bertz CT molecular complexity index is 558. The molecule has 0 aromatic heterocycles. The Labute approximate surface area is 131 Å². The molecule has 0 radical (unpaired) electrons. The number of benzene rings is 2. The molecule has 116 valence electrons. The Morgan fingerprint density at radius 3 is 2.14 bits per heavy atom. The highest BCUT2D eigenvalue weighted by Crippen LogP contribution is 2.02. The average molecular weight is 298 g/mol. The summed E-state index contributed by atoms with van der Waals surface area (Å²) in [6.07, 6.45) is 0.744. The molecule has 2 rings (SSSR count). The van der Waals surface area contributed by atoms with Crippen LogP contribution in [-0.2, 0) is 12.8 Å². The number of aliphatic hydroxyl groups excluding tert-OH is 1. The molecule has 0 bridgehead atoms. The summed E-state index contributed by atoms with van der Waals surface area (Å²) in [6.45, 7) is 0.816. The first kappa shape index (κ1) is 16.0. The second kappa shape index (κ2) is 8.85. The number of urea groups is 1. The molecule has 3 N–H and O–H groups in total. The fourth-order valence-electron chi connectivity index (χ4n) is 2.20. The average Bonchev–Trinajstić information content (AvgIpc) is 2.55. The van der Waals surface area contributed by atoms with Crippen molar-refractivity contribution in [3.05, 3.63) is 71.8 Å². The normalized spacial score (nSPS) is 11.7. The van der Waals surface area contributed by atoms with Crippen molar-refractivity contribution in [2.24, 2.45) is 0 Å². The molecule has 0 fully saturated rings. The summed E-state index contributed by atoms with van der Waals surface area (Å²) in [4.78, 5) is 11.7. The minimum absolute atomic E-state index is 0.242. The molecule has 1 atom stereocenters. The van der Waals surface area contributed by atoms with Crippen molar-refractivity contribution < 1.29 is 9.90 Å². The molecule has 2 aromatic rings. The topological polar surface area (TPSA) is 61.4 Å². The van der Waals surface area contributed by atoms with E-state index in [4.69, 9.17) is 0 Å². The Hall–Kier alpha value is -2.33. The van der Waals surface area contributed by atoms with Crippen LogP contribution in [0.15, 0.2) is 60.7 Å². The van der Waals surface area contributed by atoms with Gasteiger partial charge in [-0.3, -0.25) is 0 Å². The van der Waals surface area contributed by atoms with Gasteiger partial charge in [-0.2, -0.15) is 0 Å². The number of hydrogen-bond acceptors (Lipinski definition) is 2. The number of carbonyl (C=O) groups excluding carboxylic acids is 1. The molecule has 4 nitrogen and oxygen atoms in total. The molecule has 4 heteroatoms. The van der Waals surface area contributed by atoms with Gasteiger partial charge in [0.15, 0.2) is 0 Å². The quantitative estimate of drug-likeness (QED) is 0.733. The molecule has 0 heterocycles. The lowest BCUT2D eigenvalue weighted by molar-refractivity contribution is 0.170. The number of amides is 2. The van der Waals surface area contributed by atoms with E-state index in [0.717, 1.165) is 12.0 Å². The third-order valence-electron chi connectivity index (χ3n) is 3.35. The van der Waals surface area contributed by atoms with Gasteiger partial charge in [0, 0.05) is 19.5 Å². The number of rotatable bonds is 7. The predicted octanol–water partition coefficient (Wildman–Crippen LogP) is 2.13. The lowest BCUT2D eigenvalue weighted by Crippen LogP contribution is -2.41. The van der Waals surface area contributed by atoms with Crippen molar-refractivity contribution in [3.8, 4) is 0 Å². The minimum Gasteiger partial charge on any atom is -0.391 e. The van der Waals surface area contributed by atoms with Gasteiger partial charge in [0.1, 0.15) is 0 Å². The third kappa shape index (κ3) is 5.97. The standard InChI is InChI=1S/C18H22N2O2/c21-17(13-16-9-5-2-6-10-16)14-20-18(22)19-12-11-15-7-3-1-4-8-15/h1-10,17,21H,11-14H2,(H2,19,20,22)/t17-/m1/s1. The van der Waals surface area contributed by atoms with E-state index in [-0.39, 0.29) is 12.6 Å². The van der Waals surface area contributed by atoms with Crippen LogP contribution in [0.3, 0.4) is 0 Å². The Balaban J connectivity index is 1.61. The van der Waals surface area contributed by atoms with Gasteiger partial charge in [0.25, 0.3) is 0 Å². The molecule has 0 aliphatic rings. The molecule has 0 aliphatic heterocycles.